The lowest BCUT2D eigenvalue weighted by molar-refractivity contribution is 0.349. The van der Waals surface area contributed by atoms with Crippen molar-refractivity contribution in [2.75, 3.05) is 14.2 Å². The lowest BCUT2D eigenvalue weighted by atomic mass is 10.2. The van der Waals surface area contributed by atoms with Crippen LogP contribution in [0.15, 0.2) is 10.5 Å². The van der Waals surface area contributed by atoms with Crippen molar-refractivity contribution in [3.63, 3.8) is 0 Å². The van der Waals surface area contributed by atoms with Gasteiger partial charge in [0.1, 0.15) is 17.4 Å². The van der Waals surface area contributed by atoms with Gasteiger partial charge in [0.15, 0.2) is 11.5 Å². The van der Waals surface area contributed by atoms with E-state index < -0.39 is 0 Å². The summed E-state index contributed by atoms with van der Waals surface area (Å²) < 4.78 is 10.4. The fourth-order valence-corrected chi connectivity index (χ4v) is 1.69. The maximum absolute atomic E-state index is 9.44. The molecule has 0 amide bonds. The van der Waals surface area contributed by atoms with E-state index in [0.29, 0.717) is 16.0 Å². The van der Waals surface area contributed by atoms with Gasteiger partial charge in [0, 0.05) is 6.07 Å². The van der Waals surface area contributed by atoms with E-state index in [1.165, 1.54) is 20.3 Å². The Morgan fingerprint density at radius 3 is 2.50 bits per heavy atom. The smallest absolute Gasteiger partial charge is 0.176 e. The normalized spacial score (nSPS) is 9.29. The summed E-state index contributed by atoms with van der Waals surface area (Å²) in [4.78, 5) is 0. The topological polar surface area (TPSA) is 62.5 Å². The predicted molar refractivity (Wildman–Crippen MR) is 53.6 cm³/mol. The maximum Gasteiger partial charge on any atom is 0.176 e. The Balaban J connectivity index is 3.49. The molecule has 14 heavy (non-hydrogen) atoms. The van der Waals surface area contributed by atoms with Crippen LogP contribution in [0, 0.1) is 11.3 Å². The Hall–Kier alpha value is -1.41. The van der Waals surface area contributed by atoms with E-state index in [9.17, 15) is 5.11 Å². The van der Waals surface area contributed by atoms with Crippen LogP contribution in [-0.4, -0.2) is 19.3 Å². The SMILES string of the molecule is COc1cc(O)c(C#N)c(Br)c1OC. The lowest BCUT2D eigenvalue weighted by Crippen LogP contribution is -1.93. The maximum atomic E-state index is 9.44. The highest BCUT2D eigenvalue weighted by Crippen LogP contribution is 2.41. The molecule has 1 aromatic carbocycles. The number of aromatic hydroxyl groups is 1. The summed E-state index contributed by atoms with van der Waals surface area (Å²) in [5.41, 5.74) is 0.127. The van der Waals surface area contributed by atoms with E-state index in [-0.39, 0.29) is 11.3 Å². The molecule has 5 heteroatoms. The van der Waals surface area contributed by atoms with Gasteiger partial charge in [-0.25, -0.2) is 0 Å². The van der Waals surface area contributed by atoms with Crippen LogP contribution in [0.5, 0.6) is 17.2 Å². The van der Waals surface area contributed by atoms with Crippen molar-refractivity contribution < 1.29 is 14.6 Å². The number of rotatable bonds is 2. The number of benzene rings is 1. The lowest BCUT2D eigenvalue weighted by Gasteiger charge is -2.11. The predicted octanol–water partition coefficient (Wildman–Crippen LogP) is 2.04. The second-order valence-corrected chi connectivity index (χ2v) is 3.22. The zero-order valence-electron chi connectivity index (χ0n) is 7.67. The fraction of sp³-hybridized carbons (Fsp3) is 0.222. The molecule has 0 bridgehead atoms. The molecule has 0 spiro atoms. The molecule has 1 aromatic rings. The van der Waals surface area contributed by atoms with Crippen molar-refractivity contribution >= 4 is 15.9 Å². The minimum Gasteiger partial charge on any atom is -0.506 e. The van der Waals surface area contributed by atoms with Gasteiger partial charge >= 0.3 is 0 Å². The van der Waals surface area contributed by atoms with Crippen molar-refractivity contribution in [1.82, 2.24) is 0 Å². The molecule has 0 heterocycles. The number of halogens is 1. The molecule has 0 aliphatic heterocycles. The van der Waals surface area contributed by atoms with E-state index in [1.54, 1.807) is 0 Å². The molecule has 0 unspecified atom stereocenters. The number of nitrogens with zero attached hydrogens (tertiary/aromatic N) is 1. The van der Waals surface area contributed by atoms with Gasteiger partial charge in [0.05, 0.1) is 18.7 Å². The van der Waals surface area contributed by atoms with Gasteiger partial charge in [-0.3, -0.25) is 0 Å². The third-order valence-electron chi connectivity index (χ3n) is 1.70. The van der Waals surface area contributed by atoms with Crippen LogP contribution in [0.3, 0.4) is 0 Å². The summed E-state index contributed by atoms with van der Waals surface area (Å²) in [6, 6.07) is 3.19. The number of phenolic OH excluding ortho intramolecular Hbond substituents is 1. The quantitative estimate of drug-likeness (QED) is 0.881. The van der Waals surface area contributed by atoms with Crippen molar-refractivity contribution in [2.24, 2.45) is 0 Å². The van der Waals surface area contributed by atoms with Crippen LogP contribution < -0.4 is 9.47 Å². The summed E-state index contributed by atoms with van der Waals surface area (Å²) >= 11 is 3.16. The summed E-state index contributed by atoms with van der Waals surface area (Å²) in [6.45, 7) is 0. The molecule has 0 aliphatic carbocycles. The van der Waals surface area contributed by atoms with Gasteiger partial charge in [0.25, 0.3) is 0 Å². The zero-order chi connectivity index (χ0) is 10.7. The standard InChI is InChI=1S/C9H8BrNO3/c1-13-7-3-6(12)5(4-11)8(10)9(7)14-2/h3,12H,1-2H3. The summed E-state index contributed by atoms with van der Waals surface area (Å²) in [6.07, 6.45) is 0. The van der Waals surface area contributed by atoms with Crippen molar-refractivity contribution in [3.05, 3.63) is 16.1 Å². The first-order chi connectivity index (χ1) is 6.65. The van der Waals surface area contributed by atoms with Gasteiger partial charge in [-0.2, -0.15) is 5.26 Å². The molecular formula is C9H8BrNO3. The Morgan fingerprint density at radius 2 is 2.07 bits per heavy atom. The Labute approximate surface area is 89.8 Å². The van der Waals surface area contributed by atoms with Crippen molar-refractivity contribution in [3.8, 4) is 23.3 Å². The molecule has 0 radical (unpaired) electrons. The molecule has 0 aromatic heterocycles. The number of phenols is 1. The molecule has 0 saturated heterocycles. The number of methoxy groups -OCH3 is 2. The highest BCUT2D eigenvalue weighted by atomic mass is 79.9. The molecular weight excluding hydrogens is 250 g/mol. The third-order valence-corrected chi connectivity index (χ3v) is 2.46. The first-order valence-electron chi connectivity index (χ1n) is 3.69. The van der Waals surface area contributed by atoms with Crippen molar-refractivity contribution in [1.29, 1.82) is 5.26 Å². The van der Waals surface area contributed by atoms with Gasteiger partial charge in [-0.15, -0.1) is 0 Å². The molecule has 1 rings (SSSR count). The van der Waals surface area contributed by atoms with Gasteiger partial charge < -0.3 is 14.6 Å². The van der Waals surface area contributed by atoms with Gasteiger partial charge in [0.2, 0.25) is 0 Å². The minimum atomic E-state index is -0.142. The fourth-order valence-electron chi connectivity index (χ4n) is 1.04. The van der Waals surface area contributed by atoms with E-state index in [2.05, 4.69) is 15.9 Å². The number of hydrogen-bond acceptors (Lipinski definition) is 4. The van der Waals surface area contributed by atoms with E-state index >= 15 is 0 Å². The highest BCUT2D eigenvalue weighted by Gasteiger charge is 2.16. The van der Waals surface area contributed by atoms with E-state index in [1.807, 2.05) is 6.07 Å². The monoisotopic (exact) mass is 257 g/mol. The summed E-state index contributed by atoms with van der Waals surface area (Å²) in [5.74, 6) is 0.620. The second kappa shape index (κ2) is 4.20. The molecule has 0 fully saturated rings. The molecule has 4 nitrogen and oxygen atoms in total. The number of hydrogen-bond donors (Lipinski definition) is 1. The van der Waals surface area contributed by atoms with Gasteiger partial charge in [-0.05, 0) is 15.9 Å². The van der Waals surface area contributed by atoms with E-state index in [4.69, 9.17) is 14.7 Å². The Kier molecular flexibility index (Phi) is 3.20. The molecule has 0 saturated carbocycles. The van der Waals surface area contributed by atoms with E-state index in [0.717, 1.165) is 0 Å². The van der Waals surface area contributed by atoms with Crippen LogP contribution in [0.4, 0.5) is 0 Å². The average Bonchev–Trinajstić information content (AvgIpc) is 2.17. The largest absolute Gasteiger partial charge is 0.506 e. The molecule has 74 valence electrons. The van der Waals surface area contributed by atoms with Gasteiger partial charge in [-0.1, -0.05) is 0 Å². The van der Waals surface area contributed by atoms with Crippen LogP contribution in [0.1, 0.15) is 5.56 Å². The van der Waals surface area contributed by atoms with Crippen LogP contribution >= 0.6 is 15.9 Å². The molecule has 1 N–H and O–H groups in total. The van der Waals surface area contributed by atoms with Crippen molar-refractivity contribution in [2.45, 2.75) is 0 Å². The Morgan fingerprint density at radius 1 is 1.43 bits per heavy atom. The average molecular weight is 258 g/mol. The molecule has 0 atom stereocenters. The molecule has 0 aliphatic rings. The summed E-state index contributed by atoms with van der Waals surface area (Å²) in [5, 5.41) is 18.2. The zero-order valence-corrected chi connectivity index (χ0v) is 9.25. The highest BCUT2D eigenvalue weighted by molar-refractivity contribution is 9.10. The second-order valence-electron chi connectivity index (χ2n) is 2.43. The van der Waals surface area contributed by atoms with Crippen LogP contribution in [-0.2, 0) is 0 Å². The third kappa shape index (κ3) is 1.61. The number of nitriles is 1. The minimum absolute atomic E-state index is 0.127. The van der Waals surface area contributed by atoms with Crippen LogP contribution in [0.2, 0.25) is 0 Å². The number of ether oxygens (including phenoxy) is 2. The van der Waals surface area contributed by atoms with Crippen LogP contribution in [0.25, 0.3) is 0 Å². The Bertz CT molecular complexity index is 398. The first kappa shape index (κ1) is 10.7. The summed E-state index contributed by atoms with van der Waals surface area (Å²) in [7, 11) is 2.91. The first-order valence-corrected chi connectivity index (χ1v) is 4.48.